The van der Waals surface area contributed by atoms with Crippen molar-refractivity contribution in [2.45, 2.75) is 13.5 Å². The first-order valence-electron chi connectivity index (χ1n) is 7.18. The van der Waals surface area contributed by atoms with Crippen molar-refractivity contribution in [2.75, 3.05) is 32.1 Å². The molecule has 1 aliphatic heterocycles. The van der Waals surface area contributed by atoms with Crippen LogP contribution < -0.4 is 9.64 Å². The third kappa shape index (κ3) is 2.64. The summed E-state index contributed by atoms with van der Waals surface area (Å²) in [6.07, 6.45) is 1.30. The molecular weight excluding hydrogens is 282 g/mol. The number of fused-ring (bicyclic) bond motifs is 1. The number of amides is 1. The molecule has 0 bridgehead atoms. The van der Waals surface area contributed by atoms with Crippen LogP contribution in [0.4, 0.5) is 5.69 Å². The monoisotopic (exact) mass is 301 g/mol. The van der Waals surface area contributed by atoms with Crippen LogP contribution in [0.15, 0.2) is 29.0 Å². The second-order valence-electron chi connectivity index (χ2n) is 5.53. The molecule has 6 heteroatoms. The van der Waals surface area contributed by atoms with E-state index in [0.29, 0.717) is 31.2 Å². The lowest BCUT2D eigenvalue weighted by Crippen LogP contribution is -2.32. The molecule has 0 saturated heterocycles. The summed E-state index contributed by atoms with van der Waals surface area (Å²) in [6.45, 7) is 3.25. The van der Waals surface area contributed by atoms with Crippen molar-refractivity contribution >= 4 is 11.6 Å². The van der Waals surface area contributed by atoms with E-state index in [1.807, 2.05) is 37.2 Å². The quantitative estimate of drug-likeness (QED) is 0.850. The lowest BCUT2D eigenvalue weighted by atomic mass is 10.1. The molecule has 1 amide bonds. The van der Waals surface area contributed by atoms with Crippen LogP contribution in [0.2, 0.25) is 0 Å². The molecule has 0 saturated carbocycles. The Kier molecular flexibility index (Phi) is 3.75. The molecule has 0 N–H and O–H groups in total. The fraction of sp³-hybridized carbons (Fsp3) is 0.375. The van der Waals surface area contributed by atoms with E-state index in [0.717, 1.165) is 17.0 Å². The SMILES string of the molecule is Cc1ncoc1C(=O)N1CCOc2ccc(N(C)C)cc2C1. The summed E-state index contributed by atoms with van der Waals surface area (Å²) >= 11 is 0. The highest BCUT2D eigenvalue weighted by molar-refractivity contribution is 5.92. The number of hydrogen-bond acceptors (Lipinski definition) is 5. The van der Waals surface area contributed by atoms with Crippen LogP contribution in [0.5, 0.6) is 5.75 Å². The smallest absolute Gasteiger partial charge is 0.291 e. The van der Waals surface area contributed by atoms with E-state index < -0.39 is 0 Å². The molecule has 1 aromatic carbocycles. The van der Waals surface area contributed by atoms with Gasteiger partial charge in [-0.15, -0.1) is 0 Å². The molecule has 1 aliphatic rings. The zero-order valence-electron chi connectivity index (χ0n) is 13.0. The fourth-order valence-corrected chi connectivity index (χ4v) is 2.48. The first-order chi connectivity index (χ1) is 10.6. The lowest BCUT2D eigenvalue weighted by molar-refractivity contribution is 0.0700. The van der Waals surface area contributed by atoms with Crippen LogP contribution >= 0.6 is 0 Å². The third-order valence-corrected chi connectivity index (χ3v) is 3.77. The molecule has 0 aliphatic carbocycles. The standard InChI is InChI=1S/C16H19N3O3/c1-11-15(22-10-17-11)16(20)19-6-7-21-14-5-4-13(18(2)3)8-12(14)9-19/h4-5,8,10H,6-7,9H2,1-3H3. The van der Waals surface area contributed by atoms with Crippen molar-refractivity contribution in [1.82, 2.24) is 9.88 Å². The van der Waals surface area contributed by atoms with Gasteiger partial charge in [-0.2, -0.15) is 0 Å². The molecule has 0 unspecified atom stereocenters. The molecule has 116 valence electrons. The number of nitrogens with zero attached hydrogens (tertiary/aromatic N) is 3. The van der Waals surface area contributed by atoms with Crippen LogP contribution in [0.1, 0.15) is 21.8 Å². The molecular formula is C16H19N3O3. The number of oxazole rings is 1. The largest absolute Gasteiger partial charge is 0.491 e. The summed E-state index contributed by atoms with van der Waals surface area (Å²) in [5, 5.41) is 0. The van der Waals surface area contributed by atoms with Crippen molar-refractivity contribution in [1.29, 1.82) is 0 Å². The zero-order chi connectivity index (χ0) is 15.7. The number of ether oxygens (including phenoxy) is 1. The highest BCUT2D eigenvalue weighted by atomic mass is 16.5. The summed E-state index contributed by atoms with van der Waals surface area (Å²) in [6, 6.07) is 6.02. The van der Waals surface area contributed by atoms with Gasteiger partial charge in [0.1, 0.15) is 12.4 Å². The van der Waals surface area contributed by atoms with E-state index in [-0.39, 0.29) is 5.91 Å². The molecule has 0 atom stereocenters. The van der Waals surface area contributed by atoms with Crippen LogP contribution in [0.3, 0.4) is 0 Å². The Morgan fingerprint density at radius 2 is 2.18 bits per heavy atom. The van der Waals surface area contributed by atoms with Crippen LogP contribution in [-0.2, 0) is 6.54 Å². The maximum atomic E-state index is 12.6. The van der Waals surface area contributed by atoms with Crippen LogP contribution in [0, 0.1) is 6.92 Å². The summed E-state index contributed by atoms with van der Waals surface area (Å²) in [5.74, 6) is 0.976. The van der Waals surface area contributed by atoms with Crippen LogP contribution in [-0.4, -0.2) is 43.0 Å². The molecule has 2 heterocycles. The average molecular weight is 301 g/mol. The Morgan fingerprint density at radius 3 is 2.86 bits per heavy atom. The van der Waals surface area contributed by atoms with Gasteiger partial charge in [0.25, 0.3) is 5.91 Å². The van der Waals surface area contributed by atoms with Crippen molar-refractivity contribution in [3.8, 4) is 5.75 Å². The average Bonchev–Trinajstić information content (AvgIpc) is 2.81. The second-order valence-corrected chi connectivity index (χ2v) is 5.53. The van der Waals surface area contributed by atoms with Crippen LogP contribution in [0.25, 0.3) is 0 Å². The summed E-state index contributed by atoms with van der Waals surface area (Å²) in [4.78, 5) is 20.3. The van der Waals surface area contributed by atoms with Crippen molar-refractivity contribution in [3.63, 3.8) is 0 Å². The highest BCUT2D eigenvalue weighted by Gasteiger charge is 2.25. The van der Waals surface area contributed by atoms with Gasteiger partial charge >= 0.3 is 0 Å². The number of hydrogen-bond donors (Lipinski definition) is 0. The van der Waals surface area contributed by atoms with Gasteiger partial charge in [0.2, 0.25) is 5.76 Å². The molecule has 3 rings (SSSR count). The Morgan fingerprint density at radius 1 is 1.36 bits per heavy atom. The molecule has 2 aromatic rings. The van der Waals surface area contributed by atoms with Gasteiger partial charge in [0.15, 0.2) is 6.39 Å². The van der Waals surface area contributed by atoms with Gasteiger partial charge in [-0.1, -0.05) is 0 Å². The maximum absolute atomic E-state index is 12.6. The topological polar surface area (TPSA) is 58.8 Å². The highest BCUT2D eigenvalue weighted by Crippen LogP contribution is 2.28. The molecule has 0 spiro atoms. The van der Waals surface area contributed by atoms with Gasteiger partial charge in [-0.25, -0.2) is 4.98 Å². The maximum Gasteiger partial charge on any atom is 0.291 e. The van der Waals surface area contributed by atoms with E-state index in [9.17, 15) is 4.79 Å². The number of aromatic nitrogens is 1. The Labute approximate surface area is 129 Å². The molecule has 22 heavy (non-hydrogen) atoms. The van der Waals surface area contributed by atoms with Gasteiger partial charge in [0, 0.05) is 31.9 Å². The van der Waals surface area contributed by atoms with E-state index in [1.165, 1.54) is 6.39 Å². The predicted octanol–water partition coefficient (Wildman–Crippen LogP) is 2.08. The van der Waals surface area contributed by atoms with Gasteiger partial charge in [-0.05, 0) is 25.1 Å². The fourth-order valence-electron chi connectivity index (χ4n) is 2.48. The number of anilines is 1. The van der Waals surface area contributed by atoms with Crippen molar-refractivity contribution in [3.05, 3.63) is 41.6 Å². The predicted molar refractivity (Wildman–Crippen MR) is 82.2 cm³/mol. The van der Waals surface area contributed by atoms with Gasteiger partial charge in [0.05, 0.1) is 12.2 Å². The lowest BCUT2D eigenvalue weighted by Gasteiger charge is -2.19. The summed E-state index contributed by atoms with van der Waals surface area (Å²) in [7, 11) is 3.97. The van der Waals surface area contributed by atoms with Crippen molar-refractivity contribution < 1.29 is 13.9 Å². The Bertz CT molecular complexity index is 694. The minimum absolute atomic E-state index is 0.151. The normalized spacial score (nSPS) is 14.0. The number of carbonyl (C=O) groups is 1. The third-order valence-electron chi connectivity index (χ3n) is 3.77. The summed E-state index contributed by atoms with van der Waals surface area (Å²) < 4.78 is 11.0. The second kappa shape index (κ2) is 5.71. The van der Waals surface area contributed by atoms with E-state index in [2.05, 4.69) is 4.98 Å². The molecule has 0 fully saturated rings. The number of carbonyl (C=O) groups excluding carboxylic acids is 1. The van der Waals surface area contributed by atoms with Gasteiger partial charge < -0.3 is 19.0 Å². The van der Waals surface area contributed by atoms with E-state index >= 15 is 0 Å². The Balaban J connectivity index is 1.89. The minimum Gasteiger partial charge on any atom is -0.491 e. The molecule has 0 radical (unpaired) electrons. The molecule has 1 aromatic heterocycles. The number of benzene rings is 1. The minimum atomic E-state index is -0.151. The first kappa shape index (κ1) is 14.4. The zero-order valence-corrected chi connectivity index (χ0v) is 13.0. The van der Waals surface area contributed by atoms with E-state index in [1.54, 1.807) is 11.8 Å². The summed E-state index contributed by atoms with van der Waals surface area (Å²) in [5.41, 5.74) is 2.68. The number of rotatable bonds is 2. The van der Waals surface area contributed by atoms with Gasteiger partial charge in [-0.3, -0.25) is 4.79 Å². The molecule has 6 nitrogen and oxygen atoms in total. The first-order valence-corrected chi connectivity index (χ1v) is 7.18. The van der Waals surface area contributed by atoms with E-state index in [4.69, 9.17) is 9.15 Å². The number of aryl methyl sites for hydroxylation is 1. The Hall–Kier alpha value is -2.50. The van der Waals surface area contributed by atoms with Crippen molar-refractivity contribution in [2.24, 2.45) is 0 Å².